The lowest BCUT2D eigenvalue weighted by atomic mass is 9.97. The summed E-state index contributed by atoms with van der Waals surface area (Å²) in [6.07, 6.45) is 1.01. The average Bonchev–Trinajstić information content (AvgIpc) is 2.47. The second kappa shape index (κ2) is 5.15. The van der Waals surface area contributed by atoms with Crippen LogP contribution in [-0.2, 0) is 12.8 Å². The molecule has 0 atom stereocenters. The maximum Gasteiger partial charge on any atom is 0.263 e. The van der Waals surface area contributed by atoms with Crippen LogP contribution in [-0.4, -0.2) is 9.97 Å². The van der Waals surface area contributed by atoms with Crippen LogP contribution in [0.4, 0.5) is 8.78 Å². The molecular formula is C15H14F2N2O. The van der Waals surface area contributed by atoms with Crippen molar-refractivity contribution in [2.75, 3.05) is 0 Å². The van der Waals surface area contributed by atoms with Crippen molar-refractivity contribution in [1.29, 1.82) is 0 Å². The van der Waals surface area contributed by atoms with E-state index in [0.29, 0.717) is 11.4 Å². The average molecular weight is 276 g/mol. The quantitative estimate of drug-likeness (QED) is 0.915. The Hall–Kier alpha value is -2.04. The van der Waals surface area contributed by atoms with Gasteiger partial charge in [0.2, 0.25) is 0 Å². The number of halogens is 2. The summed E-state index contributed by atoms with van der Waals surface area (Å²) in [6, 6.07) is 5.97. The van der Waals surface area contributed by atoms with Crippen LogP contribution in [0.15, 0.2) is 29.1 Å². The monoisotopic (exact) mass is 276 g/mol. The van der Waals surface area contributed by atoms with E-state index in [0.717, 1.165) is 36.9 Å². The summed E-state index contributed by atoms with van der Waals surface area (Å²) in [6.45, 7) is 0. The molecule has 0 fully saturated rings. The zero-order chi connectivity index (χ0) is 14.1. The number of alkyl halides is 2. The number of rotatable bonds is 2. The van der Waals surface area contributed by atoms with Crippen molar-refractivity contribution >= 4 is 0 Å². The molecule has 3 nitrogen and oxygen atoms in total. The fourth-order valence-electron chi connectivity index (χ4n) is 2.56. The highest BCUT2D eigenvalue weighted by Gasteiger charge is 2.16. The summed E-state index contributed by atoms with van der Waals surface area (Å²) in [5.41, 5.74) is 1.85. The van der Waals surface area contributed by atoms with Gasteiger partial charge in [-0.1, -0.05) is 18.2 Å². The molecule has 2 aromatic rings. The number of benzene rings is 1. The third kappa shape index (κ3) is 2.35. The standard InChI is InChI=1S/C15H14F2N2O/c16-13(17)9-4-3-5-10(8-9)14-18-12-7-2-1-6-11(12)15(20)19-14/h3-5,8,13H,1-2,6-7H2,(H,18,19,20). The van der Waals surface area contributed by atoms with Crippen LogP contribution in [0, 0.1) is 0 Å². The fraction of sp³-hybridized carbons (Fsp3) is 0.333. The van der Waals surface area contributed by atoms with Gasteiger partial charge in [-0.3, -0.25) is 4.79 Å². The first-order valence-electron chi connectivity index (χ1n) is 6.65. The maximum absolute atomic E-state index is 12.7. The smallest absolute Gasteiger partial charge is 0.263 e. The summed E-state index contributed by atoms with van der Waals surface area (Å²) >= 11 is 0. The van der Waals surface area contributed by atoms with Crippen molar-refractivity contribution in [3.8, 4) is 11.4 Å². The second-order valence-electron chi connectivity index (χ2n) is 4.97. The number of hydrogen-bond donors (Lipinski definition) is 1. The molecule has 3 rings (SSSR count). The number of hydrogen-bond acceptors (Lipinski definition) is 2. The molecule has 1 aromatic carbocycles. The lowest BCUT2D eigenvalue weighted by Gasteiger charge is -2.14. The van der Waals surface area contributed by atoms with E-state index in [-0.39, 0.29) is 11.1 Å². The van der Waals surface area contributed by atoms with Crippen molar-refractivity contribution in [2.24, 2.45) is 0 Å². The predicted molar refractivity (Wildman–Crippen MR) is 71.9 cm³/mol. The van der Waals surface area contributed by atoms with Crippen molar-refractivity contribution in [3.63, 3.8) is 0 Å². The van der Waals surface area contributed by atoms with Gasteiger partial charge >= 0.3 is 0 Å². The predicted octanol–water partition coefficient (Wildman–Crippen LogP) is 3.25. The Kier molecular flexibility index (Phi) is 3.34. The van der Waals surface area contributed by atoms with E-state index >= 15 is 0 Å². The van der Waals surface area contributed by atoms with Crippen LogP contribution in [0.2, 0.25) is 0 Å². The molecule has 0 bridgehead atoms. The Balaban J connectivity index is 2.08. The highest BCUT2D eigenvalue weighted by molar-refractivity contribution is 5.56. The number of nitrogens with zero attached hydrogens (tertiary/aromatic N) is 1. The number of fused-ring (bicyclic) bond motifs is 1. The molecule has 1 N–H and O–H groups in total. The summed E-state index contributed by atoms with van der Waals surface area (Å²) < 4.78 is 25.4. The first-order chi connectivity index (χ1) is 9.65. The molecule has 1 aliphatic carbocycles. The van der Waals surface area contributed by atoms with E-state index in [1.54, 1.807) is 12.1 Å². The molecule has 0 saturated carbocycles. The Labute approximate surface area is 114 Å². The van der Waals surface area contributed by atoms with Gasteiger partial charge in [0.25, 0.3) is 12.0 Å². The molecule has 0 radical (unpaired) electrons. The SMILES string of the molecule is O=c1[nH]c(-c2cccc(C(F)F)c2)nc2c1CCCC2. The zero-order valence-corrected chi connectivity index (χ0v) is 10.8. The van der Waals surface area contributed by atoms with E-state index in [9.17, 15) is 13.6 Å². The van der Waals surface area contributed by atoms with Gasteiger partial charge in [0.15, 0.2) is 0 Å². The topological polar surface area (TPSA) is 45.8 Å². The lowest BCUT2D eigenvalue weighted by molar-refractivity contribution is 0.151. The lowest BCUT2D eigenvalue weighted by Crippen LogP contribution is -2.21. The van der Waals surface area contributed by atoms with Crippen LogP contribution in [0.5, 0.6) is 0 Å². The summed E-state index contributed by atoms with van der Waals surface area (Å²) in [5.74, 6) is 0.373. The first-order valence-corrected chi connectivity index (χ1v) is 6.65. The van der Waals surface area contributed by atoms with Crippen molar-refractivity contribution < 1.29 is 8.78 Å². The molecular weight excluding hydrogens is 262 g/mol. The molecule has 1 aromatic heterocycles. The summed E-state index contributed by atoms with van der Waals surface area (Å²) in [4.78, 5) is 19.2. The molecule has 1 aliphatic rings. The molecule has 0 amide bonds. The van der Waals surface area contributed by atoms with E-state index in [2.05, 4.69) is 9.97 Å². The molecule has 104 valence electrons. The molecule has 0 saturated heterocycles. The van der Waals surface area contributed by atoms with Gasteiger partial charge in [-0.05, 0) is 31.7 Å². The highest BCUT2D eigenvalue weighted by Crippen LogP contribution is 2.24. The second-order valence-corrected chi connectivity index (χ2v) is 4.97. The van der Waals surface area contributed by atoms with Gasteiger partial charge in [0.05, 0.1) is 5.69 Å². The van der Waals surface area contributed by atoms with Crippen molar-refractivity contribution in [1.82, 2.24) is 9.97 Å². The summed E-state index contributed by atoms with van der Waals surface area (Å²) in [5, 5.41) is 0. The number of nitrogens with one attached hydrogen (secondary N) is 1. The minimum Gasteiger partial charge on any atom is -0.306 e. The first kappa shape index (κ1) is 13.0. The van der Waals surface area contributed by atoms with E-state index in [1.807, 2.05) is 0 Å². The third-order valence-electron chi connectivity index (χ3n) is 3.60. The van der Waals surface area contributed by atoms with E-state index in [1.165, 1.54) is 12.1 Å². The number of aryl methyl sites for hydroxylation is 1. The Morgan fingerprint density at radius 2 is 2.00 bits per heavy atom. The van der Waals surface area contributed by atoms with Crippen molar-refractivity contribution in [2.45, 2.75) is 32.1 Å². The Morgan fingerprint density at radius 1 is 1.20 bits per heavy atom. The largest absolute Gasteiger partial charge is 0.306 e. The van der Waals surface area contributed by atoms with Crippen LogP contribution < -0.4 is 5.56 Å². The van der Waals surface area contributed by atoms with Gasteiger partial charge in [-0.15, -0.1) is 0 Å². The van der Waals surface area contributed by atoms with E-state index < -0.39 is 6.43 Å². The van der Waals surface area contributed by atoms with Gasteiger partial charge in [0, 0.05) is 16.7 Å². The highest BCUT2D eigenvalue weighted by atomic mass is 19.3. The molecule has 0 unspecified atom stereocenters. The molecule has 20 heavy (non-hydrogen) atoms. The van der Waals surface area contributed by atoms with Gasteiger partial charge in [0.1, 0.15) is 5.82 Å². The van der Waals surface area contributed by atoms with E-state index in [4.69, 9.17) is 0 Å². The minimum atomic E-state index is -2.53. The Bertz CT molecular complexity index is 695. The van der Waals surface area contributed by atoms with Gasteiger partial charge < -0.3 is 4.98 Å². The fourth-order valence-corrected chi connectivity index (χ4v) is 2.56. The van der Waals surface area contributed by atoms with Crippen LogP contribution in [0.25, 0.3) is 11.4 Å². The normalized spacial score (nSPS) is 14.3. The molecule has 0 aliphatic heterocycles. The Morgan fingerprint density at radius 3 is 2.80 bits per heavy atom. The number of H-pyrrole nitrogens is 1. The maximum atomic E-state index is 12.7. The van der Waals surface area contributed by atoms with Crippen LogP contribution in [0.3, 0.4) is 0 Å². The zero-order valence-electron chi connectivity index (χ0n) is 10.8. The minimum absolute atomic E-state index is 0.0668. The van der Waals surface area contributed by atoms with Crippen LogP contribution in [0.1, 0.15) is 36.1 Å². The number of aromatic nitrogens is 2. The van der Waals surface area contributed by atoms with Crippen molar-refractivity contribution in [3.05, 3.63) is 51.4 Å². The number of aromatic amines is 1. The molecule has 0 spiro atoms. The van der Waals surface area contributed by atoms with Gasteiger partial charge in [-0.25, -0.2) is 13.8 Å². The summed E-state index contributed by atoms with van der Waals surface area (Å²) in [7, 11) is 0. The third-order valence-corrected chi connectivity index (χ3v) is 3.60. The van der Waals surface area contributed by atoms with Gasteiger partial charge in [-0.2, -0.15) is 0 Å². The molecule has 1 heterocycles. The molecule has 5 heteroatoms. The van der Waals surface area contributed by atoms with Crippen LogP contribution >= 0.6 is 0 Å².